The number of pyridine rings is 1. The summed E-state index contributed by atoms with van der Waals surface area (Å²) in [5.41, 5.74) is 15.4. The third-order valence-electron chi connectivity index (χ3n) is 4.54. The number of aromatic nitrogens is 1. The largest absolute Gasteiger partial charge is 0.404 e. The minimum Gasteiger partial charge on any atom is -0.404 e. The zero-order valence-electron chi connectivity index (χ0n) is 15.9. The first-order valence-electron chi connectivity index (χ1n) is 9.04. The van der Waals surface area contributed by atoms with Crippen molar-refractivity contribution in [3.8, 4) is 0 Å². The molecule has 3 rings (SSSR count). The van der Waals surface area contributed by atoms with Crippen molar-refractivity contribution < 1.29 is 9.59 Å². The predicted octanol–water partition coefficient (Wildman–Crippen LogP) is 2.28. The summed E-state index contributed by atoms with van der Waals surface area (Å²) in [6, 6.07) is 8.91. The van der Waals surface area contributed by atoms with Gasteiger partial charge in [-0.15, -0.1) is 0 Å². The summed E-state index contributed by atoms with van der Waals surface area (Å²) in [7, 11) is 0. The standard InChI is InChI=1S/C21H23N5O2/c1-12-7-8-24-18(9-12)16(11-22)21(28)25-17-10-15(4-3-13(17)2)19(23)26-20(27)14-5-6-14/h3-4,7-11,14H,5-6,22H2,1-2H3,(H,25,28)(H2,23,26,27)/b16-11+. The number of hydrogen-bond acceptors (Lipinski definition) is 4. The lowest BCUT2D eigenvalue weighted by Crippen LogP contribution is -2.19. The maximum absolute atomic E-state index is 12.7. The first kappa shape index (κ1) is 19.3. The summed E-state index contributed by atoms with van der Waals surface area (Å²) >= 11 is 0. The van der Waals surface area contributed by atoms with Crippen LogP contribution in [0.1, 0.15) is 35.2 Å². The van der Waals surface area contributed by atoms with Crippen LogP contribution in [0.4, 0.5) is 5.69 Å². The molecule has 1 fully saturated rings. The average Bonchev–Trinajstić information content (AvgIpc) is 3.49. The number of amides is 2. The van der Waals surface area contributed by atoms with Gasteiger partial charge in [0.15, 0.2) is 0 Å². The van der Waals surface area contributed by atoms with Crippen molar-refractivity contribution in [1.82, 2.24) is 4.98 Å². The van der Waals surface area contributed by atoms with Crippen molar-refractivity contribution in [2.45, 2.75) is 26.7 Å². The Labute approximate surface area is 163 Å². The van der Waals surface area contributed by atoms with Gasteiger partial charge in [0, 0.05) is 29.6 Å². The normalized spacial score (nSPS) is 14.6. The summed E-state index contributed by atoms with van der Waals surface area (Å²) in [5.74, 6) is -0.433. The van der Waals surface area contributed by atoms with Gasteiger partial charge in [0.1, 0.15) is 5.84 Å². The molecule has 0 atom stereocenters. The second-order valence-corrected chi connectivity index (χ2v) is 6.89. The van der Waals surface area contributed by atoms with Crippen LogP contribution < -0.4 is 16.8 Å². The molecule has 1 aliphatic carbocycles. The number of anilines is 1. The fraction of sp³-hybridized carbons (Fsp3) is 0.238. The van der Waals surface area contributed by atoms with Crippen molar-refractivity contribution in [1.29, 1.82) is 0 Å². The third kappa shape index (κ3) is 4.43. The highest BCUT2D eigenvalue weighted by Crippen LogP contribution is 2.30. The van der Waals surface area contributed by atoms with Crippen molar-refractivity contribution >= 4 is 28.9 Å². The Bertz CT molecular complexity index is 990. The quantitative estimate of drug-likeness (QED) is 0.419. The minimum atomic E-state index is -0.384. The topological polar surface area (TPSA) is 123 Å². The lowest BCUT2D eigenvalue weighted by Gasteiger charge is -2.12. The van der Waals surface area contributed by atoms with Gasteiger partial charge in [0.25, 0.3) is 11.8 Å². The molecule has 5 N–H and O–H groups in total. The maximum Gasteiger partial charge on any atom is 0.259 e. The van der Waals surface area contributed by atoms with E-state index in [-0.39, 0.29) is 29.1 Å². The number of rotatable bonds is 5. The molecule has 0 saturated heterocycles. The number of nitrogens with two attached hydrogens (primary N) is 2. The first-order valence-corrected chi connectivity index (χ1v) is 9.04. The van der Waals surface area contributed by atoms with Crippen molar-refractivity contribution in [2.24, 2.45) is 22.4 Å². The number of amidine groups is 1. The molecule has 144 valence electrons. The van der Waals surface area contributed by atoms with E-state index >= 15 is 0 Å². The zero-order valence-corrected chi connectivity index (χ0v) is 15.9. The van der Waals surface area contributed by atoms with Crippen LogP contribution in [0.3, 0.4) is 0 Å². The van der Waals surface area contributed by atoms with Gasteiger partial charge in [-0.3, -0.25) is 14.6 Å². The van der Waals surface area contributed by atoms with Crippen molar-refractivity contribution in [3.05, 3.63) is 65.1 Å². The fourth-order valence-electron chi connectivity index (χ4n) is 2.67. The molecule has 0 aliphatic heterocycles. The molecule has 7 heteroatoms. The molecule has 2 aromatic rings. The van der Waals surface area contributed by atoms with Gasteiger partial charge in [-0.05, 0) is 56.0 Å². The molecular weight excluding hydrogens is 354 g/mol. The van der Waals surface area contributed by atoms with Crippen LogP contribution in [0.2, 0.25) is 0 Å². The number of nitrogens with zero attached hydrogens (tertiary/aromatic N) is 2. The van der Waals surface area contributed by atoms with Gasteiger partial charge >= 0.3 is 0 Å². The highest BCUT2D eigenvalue weighted by Gasteiger charge is 2.29. The Hall–Kier alpha value is -3.48. The van der Waals surface area contributed by atoms with Crippen LogP contribution in [0.5, 0.6) is 0 Å². The van der Waals surface area contributed by atoms with E-state index < -0.39 is 0 Å². The number of hydrogen-bond donors (Lipinski definition) is 3. The summed E-state index contributed by atoms with van der Waals surface area (Å²) in [5, 5.41) is 2.84. The van der Waals surface area contributed by atoms with Crippen molar-refractivity contribution in [2.75, 3.05) is 5.32 Å². The number of aryl methyl sites for hydroxylation is 2. The summed E-state index contributed by atoms with van der Waals surface area (Å²) in [6.45, 7) is 3.77. The molecule has 0 spiro atoms. The number of carbonyl (C=O) groups excluding carboxylic acids is 2. The van der Waals surface area contributed by atoms with E-state index in [0.29, 0.717) is 16.9 Å². The van der Waals surface area contributed by atoms with Gasteiger partial charge in [0.05, 0.1) is 11.3 Å². The van der Waals surface area contributed by atoms with Gasteiger partial charge < -0.3 is 16.8 Å². The molecule has 1 aromatic heterocycles. The fourth-order valence-corrected chi connectivity index (χ4v) is 2.67. The van der Waals surface area contributed by atoms with Crippen LogP contribution in [0.25, 0.3) is 5.57 Å². The van der Waals surface area contributed by atoms with Gasteiger partial charge in [-0.1, -0.05) is 12.1 Å². The smallest absolute Gasteiger partial charge is 0.259 e. The molecule has 1 aliphatic rings. The number of aliphatic imine (C=N–C) groups is 1. The summed E-state index contributed by atoms with van der Waals surface area (Å²) < 4.78 is 0. The van der Waals surface area contributed by atoms with E-state index in [1.165, 1.54) is 6.20 Å². The molecule has 28 heavy (non-hydrogen) atoms. The third-order valence-corrected chi connectivity index (χ3v) is 4.54. The second kappa shape index (κ2) is 8.04. The molecule has 1 aromatic carbocycles. The van der Waals surface area contributed by atoms with E-state index in [4.69, 9.17) is 11.5 Å². The molecule has 2 amide bonds. The highest BCUT2D eigenvalue weighted by atomic mass is 16.2. The van der Waals surface area contributed by atoms with E-state index in [1.807, 2.05) is 26.0 Å². The van der Waals surface area contributed by atoms with Gasteiger partial charge in [0.2, 0.25) is 0 Å². The molecule has 0 unspecified atom stereocenters. The van der Waals surface area contributed by atoms with E-state index in [2.05, 4.69) is 15.3 Å². The van der Waals surface area contributed by atoms with Crippen LogP contribution in [0, 0.1) is 19.8 Å². The van der Waals surface area contributed by atoms with Crippen LogP contribution in [-0.2, 0) is 9.59 Å². The Kier molecular flexibility index (Phi) is 5.54. The minimum absolute atomic E-state index is 0.00208. The SMILES string of the molecule is Cc1ccnc(/C(=C\N)C(=O)Nc2cc(C(N)=NC(=O)C3CC3)ccc2C)c1. The number of carbonyl (C=O) groups is 2. The Morgan fingerprint density at radius 2 is 1.96 bits per heavy atom. The maximum atomic E-state index is 12.7. The Balaban J connectivity index is 1.83. The lowest BCUT2D eigenvalue weighted by molar-refractivity contribution is -0.119. The van der Waals surface area contributed by atoms with Gasteiger partial charge in [-0.2, -0.15) is 4.99 Å². The van der Waals surface area contributed by atoms with E-state index in [1.54, 1.807) is 24.4 Å². The summed E-state index contributed by atoms with van der Waals surface area (Å²) in [6.07, 6.45) is 4.60. The molecule has 1 saturated carbocycles. The van der Waals surface area contributed by atoms with Crippen LogP contribution in [-0.4, -0.2) is 22.6 Å². The van der Waals surface area contributed by atoms with E-state index in [0.717, 1.165) is 24.0 Å². The molecule has 7 nitrogen and oxygen atoms in total. The Morgan fingerprint density at radius 1 is 1.21 bits per heavy atom. The summed E-state index contributed by atoms with van der Waals surface area (Å²) in [4.78, 5) is 32.8. The second-order valence-electron chi connectivity index (χ2n) is 6.89. The van der Waals surface area contributed by atoms with Crippen molar-refractivity contribution in [3.63, 3.8) is 0 Å². The molecular formula is C21H23N5O2. The zero-order chi connectivity index (χ0) is 20.3. The molecule has 1 heterocycles. The lowest BCUT2D eigenvalue weighted by atomic mass is 10.1. The average molecular weight is 377 g/mol. The first-order chi connectivity index (χ1) is 13.4. The van der Waals surface area contributed by atoms with Crippen LogP contribution >= 0.6 is 0 Å². The number of nitrogens with one attached hydrogen (secondary N) is 1. The van der Waals surface area contributed by atoms with Crippen LogP contribution in [0.15, 0.2) is 47.7 Å². The Morgan fingerprint density at radius 3 is 2.61 bits per heavy atom. The molecule has 0 radical (unpaired) electrons. The molecule has 0 bridgehead atoms. The predicted molar refractivity (Wildman–Crippen MR) is 109 cm³/mol. The highest BCUT2D eigenvalue weighted by molar-refractivity contribution is 6.25. The number of benzene rings is 1. The van der Waals surface area contributed by atoms with E-state index in [9.17, 15) is 9.59 Å². The van der Waals surface area contributed by atoms with Gasteiger partial charge in [-0.25, -0.2) is 0 Å². The monoisotopic (exact) mass is 377 g/mol.